The Hall–Kier alpha value is -7.03. The van der Waals surface area contributed by atoms with E-state index in [1.165, 1.54) is 76.9 Å². The van der Waals surface area contributed by atoms with Gasteiger partial charge in [-0.05, 0) is 130 Å². The highest BCUT2D eigenvalue weighted by Crippen LogP contribution is 2.80. The maximum atomic E-state index is 10.2. The molecule has 0 amide bonds. The third-order valence-corrected chi connectivity index (χ3v) is 17.1. The van der Waals surface area contributed by atoms with Crippen LogP contribution in [-0.2, 0) is 21.0 Å². The number of ether oxygens (including phenoxy) is 1. The van der Waals surface area contributed by atoms with Crippen molar-refractivity contribution in [2.24, 2.45) is 27.6 Å². The molecule has 17 rings (SSSR count). The third-order valence-electron chi connectivity index (χ3n) is 16.9. The molecular weight excluding hydrogens is 963 g/mol. The Balaban J connectivity index is 0.0000000967. The second-order valence-corrected chi connectivity index (χ2v) is 21.9. The fourth-order valence-corrected chi connectivity index (χ4v) is 11.3. The van der Waals surface area contributed by atoms with Gasteiger partial charge in [-0.25, -0.2) is 4.98 Å². The smallest absolute Gasteiger partial charge is 0.131 e. The summed E-state index contributed by atoms with van der Waals surface area (Å²) in [7, 11) is 0. The van der Waals surface area contributed by atoms with Crippen molar-refractivity contribution in [2.45, 2.75) is 106 Å². The zero-order valence-corrected chi connectivity index (χ0v) is 41.8. The van der Waals surface area contributed by atoms with Crippen molar-refractivity contribution in [3.05, 3.63) is 96.1 Å². The largest absolute Gasteiger partial charge is 0.381 e. The van der Waals surface area contributed by atoms with Gasteiger partial charge in [0.15, 0.2) is 0 Å². The standard InChI is InChI=1S/3C12H10N4.C6H4ClN3.C6H7N.C4H8O.CH3FS/c3*13-7-12(6-11(12)1-2-11)10-3-9-8(4-14-10)5-15-16-9;7-6-1-5-4(2-8-6)3-9-10-5;7-4-5-3-6(5)1-2-6;1-2-4-5-3-1;1-3-2/h3*3-5H,1-2,6H2,(H,15,16);1-3H,(H,9,10);5H,1-3H2;1-4H2;1H3. The molecule has 8 aliphatic carbocycles. The van der Waals surface area contributed by atoms with E-state index in [2.05, 4.69) is 85.0 Å². The molecule has 0 radical (unpaired) electrons. The van der Waals surface area contributed by atoms with Crippen LogP contribution in [0.15, 0.2) is 73.8 Å². The van der Waals surface area contributed by atoms with E-state index in [0.29, 0.717) is 16.5 Å². The average Bonchev–Trinajstić information content (AvgIpc) is 3.97. The van der Waals surface area contributed by atoms with Crippen LogP contribution in [0.1, 0.15) is 107 Å². The van der Waals surface area contributed by atoms with Gasteiger partial charge in [0.05, 0.1) is 94.1 Å². The van der Waals surface area contributed by atoms with Crippen LogP contribution in [0.3, 0.4) is 0 Å². The number of nitrogens with zero attached hydrogens (tertiary/aromatic N) is 12. The molecular formula is C53H52ClFN16OS. The van der Waals surface area contributed by atoms with Crippen molar-refractivity contribution >= 4 is 67.4 Å². The molecule has 8 saturated carbocycles. The summed E-state index contributed by atoms with van der Waals surface area (Å²) in [5.74, 6) is 0.465. The minimum absolute atomic E-state index is 0.250. The van der Waals surface area contributed by atoms with Crippen molar-refractivity contribution in [3.63, 3.8) is 0 Å². The van der Waals surface area contributed by atoms with Crippen LogP contribution in [0.25, 0.3) is 43.6 Å². The van der Waals surface area contributed by atoms with E-state index in [1.54, 1.807) is 37.1 Å². The molecule has 370 valence electrons. The van der Waals surface area contributed by atoms with Crippen molar-refractivity contribution in [2.75, 3.05) is 19.5 Å². The van der Waals surface area contributed by atoms with Gasteiger partial charge in [0.1, 0.15) is 21.4 Å². The van der Waals surface area contributed by atoms with Gasteiger partial charge < -0.3 is 4.74 Å². The highest BCUT2D eigenvalue weighted by atomic mass is 35.5. The molecule has 1 saturated heterocycles. The number of H-pyrrole nitrogens is 4. The van der Waals surface area contributed by atoms with Gasteiger partial charge in [0.25, 0.3) is 0 Å². The van der Waals surface area contributed by atoms with E-state index in [1.807, 2.05) is 36.8 Å². The number of rotatable bonds is 3. The first-order valence-electron chi connectivity index (χ1n) is 24.7. The molecule has 8 aromatic rings. The molecule has 9 heterocycles. The number of nitrogens with one attached hydrogen (secondary N) is 4. The highest BCUT2D eigenvalue weighted by Gasteiger charge is 2.78. The molecule has 0 bridgehead atoms. The van der Waals surface area contributed by atoms with E-state index in [9.17, 15) is 19.7 Å². The zero-order valence-electron chi connectivity index (χ0n) is 40.3. The van der Waals surface area contributed by atoms with Crippen LogP contribution in [0.4, 0.5) is 3.89 Å². The lowest BCUT2D eigenvalue weighted by Gasteiger charge is -2.06. The molecule has 20 heteroatoms. The Morgan fingerprint density at radius 3 is 1.14 bits per heavy atom. The lowest BCUT2D eigenvalue weighted by molar-refractivity contribution is 0.198. The molecule has 4 N–H and O–H groups in total. The molecule has 1 aliphatic heterocycles. The van der Waals surface area contributed by atoms with E-state index in [4.69, 9.17) is 21.6 Å². The Bertz CT molecular complexity index is 3240. The number of nitriles is 4. The number of hydrogen-bond acceptors (Lipinski definition) is 14. The second-order valence-electron chi connectivity index (χ2n) is 21.2. The maximum absolute atomic E-state index is 10.2. The Morgan fingerprint density at radius 1 is 0.548 bits per heavy atom. The van der Waals surface area contributed by atoms with Crippen LogP contribution in [0, 0.1) is 72.9 Å². The monoisotopic (exact) mass is 1010 g/mol. The first-order valence-corrected chi connectivity index (χ1v) is 26.2. The van der Waals surface area contributed by atoms with Gasteiger partial charge in [-0.1, -0.05) is 11.6 Å². The van der Waals surface area contributed by atoms with Crippen LogP contribution in [0.2, 0.25) is 5.15 Å². The number of aromatic amines is 4. The summed E-state index contributed by atoms with van der Waals surface area (Å²) < 4.78 is 15.2. The summed E-state index contributed by atoms with van der Waals surface area (Å²) in [6, 6.07) is 17.4. The SMILES string of the molecule is C1CCOC1.CSF.Clc1cc2[nH]ncc2cn1.N#CC1(c2cc3[nH]ncc3cn2)CC12CC2.N#CC1(c2cc3[nH]ncc3cn2)CC12CC2.N#CC1(c2cc3[nH]ncc3cn2)CC12CC2.N#CC1CC12CC2. The van der Waals surface area contributed by atoms with Crippen molar-refractivity contribution in [3.8, 4) is 24.3 Å². The average molecular weight is 1020 g/mol. The fourth-order valence-electron chi connectivity index (χ4n) is 11.2. The third kappa shape index (κ3) is 8.81. The fraction of sp³-hybridized carbons (Fsp3) is 0.472. The zero-order chi connectivity index (χ0) is 50.5. The molecule has 9 fully saturated rings. The van der Waals surface area contributed by atoms with Gasteiger partial charge in [-0.3, -0.25) is 35.3 Å². The summed E-state index contributed by atoms with van der Waals surface area (Å²) in [6.07, 6.45) is 32.0. The number of aromatic nitrogens is 12. The topological polar surface area (TPSA) is 271 Å². The maximum Gasteiger partial charge on any atom is 0.131 e. The van der Waals surface area contributed by atoms with Gasteiger partial charge in [-0.2, -0.15) is 45.3 Å². The summed E-state index contributed by atoms with van der Waals surface area (Å²) >= 11 is 5.87. The predicted molar refractivity (Wildman–Crippen MR) is 271 cm³/mol. The molecule has 73 heavy (non-hydrogen) atoms. The lowest BCUT2D eigenvalue weighted by Crippen LogP contribution is -2.09. The Morgan fingerprint density at radius 2 is 0.890 bits per heavy atom. The number of pyridine rings is 4. The molecule has 4 spiro atoms. The number of fused-ring (bicyclic) bond motifs is 4. The van der Waals surface area contributed by atoms with Crippen LogP contribution >= 0.6 is 23.7 Å². The van der Waals surface area contributed by atoms with E-state index >= 15 is 0 Å². The summed E-state index contributed by atoms with van der Waals surface area (Å²) in [4.78, 5) is 17.2. The second kappa shape index (κ2) is 18.5. The molecule has 9 aliphatic rings. The van der Waals surface area contributed by atoms with Crippen molar-refractivity contribution in [1.82, 2.24) is 60.7 Å². The summed E-state index contributed by atoms with van der Waals surface area (Å²) in [5.41, 5.74) is 7.15. The lowest BCUT2D eigenvalue weighted by atomic mass is 9.99. The van der Waals surface area contributed by atoms with Gasteiger partial charge >= 0.3 is 0 Å². The first kappa shape index (κ1) is 48.2. The number of hydrogen-bond donors (Lipinski definition) is 4. The molecule has 8 aromatic heterocycles. The van der Waals surface area contributed by atoms with Gasteiger partial charge in [-0.15, -0.1) is 0 Å². The van der Waals surface area contributed by atoms with E-state index < -0.39 is 0 Å². The molecule has 17 nitrogen and oxygen atoms in total. The minimum Gasteiger partial charge on any atom is -0.381 e. The van der Waals surface area contributed by atoms with Gasteiger partial charge in [0.2, 0.25) is 0 Å². The summed E-state index contributed by atoms with van der Waals surface area (Å²) in [6.45, 7) is 2.00. The van der Waals surface area contributed by atoms with Gasteiger partial charge in [0, 0.05) is 84.0 Å². The quantitative estimate of drug-likeness (QED) is 0.120. The van der Waals surface area contributed by atoms with Crippen LogP contribution in [-0.4, -0.2) is 80.2 Å². The molecule has 0 aromatic carbocycles. The van der Waals surface area contributed by atoms with Crippen LogP contribution < -0.4 is 0 Å². The predicted octanol–water partition coefficient (Wildman–Crippen LogP) is 10.7. The highest BCUT2D eigenvalue weighted by molar-refractivity contribution is 7.93. The number of halogens is 2. The Kier molecular flexibility index (Phi) is 12.2. The molecule has 4 unspecified atom stereocenters. The van der Waals surface area contributed by atoms with Crippen LogP contribution in [0.5, 0.6) is 0 Å². The van der Waals surface area contributed by atoms with E-state index in [-0.39, 0.29) is 44.6 Å². The van der Waals surface area contributed by atoms with E-state index in [0.717, 1.165) is 93.2 Å². The van der Waals surface area contributed by atoms with Crippen molar-refractivity contribution in [1.29, 1.82) is 21.0 Å². The molecule has 4 atom stereocenters. The first-order chi connectivity index (χ1) is 35.5. The van der Waals surface area contributed by atoms with Crippen molar-refractivity contribution < 1.29 is 8.62 Å². The summed E-state index contributed by atoms with van der Waals surface area (Å²) in [5, 5.41) is 68.3. The normalized spacial score (nSPS) is 26.4. The minimum atomic E-state index is -0.299. The Labute approximate surface area is 429 Å².